The Morgan fingerprint density at radius 3 is 2.68 bits per heavy atom. The molecule has 0 saturated carbocycles. The van der Waals surface area contributed by atoms with Crippen molar-refractivity contribution < 1.29 is 9.53 Å². The van der Waals surface area contributed by atoms with Gasteiger partial charge in [-0.2, -0.15) is 5.10 Å². The molecule has 0 spiro atoms. The molecule has 2 aromatic heterocycles. The molecular formula is C26H35N5O2S. The Balaban J connectivity index is 1.30. The van der Waals surface area contributed by atoms with Crippen molar-refractivity contribution in [1.82, 2.24) is 24.6 Å². The van der Waals surface area contributed by atoms with Crippen LogP contribution in [0, 0.1) is 13.8 Å². The van der Waals surface area contributed by atoms with Gasteiger partial charge in [0.2, 0.25) is 0 Å². The Morgan fingerprint density at radius 2 is 1.94 bits per heavy atom. The van der Waals surface area contributed by atoms with Gasteiger partial charge in [0.05, 0.1) is 10.7 Å². The lowest BCUT2D eigenvalue weighted by molar-refractivity contribution is 0.0753. The van der Waals surface area contributed by atoms with Gasteiger partial charge < -0.3 is 9.64 Å². The van der Waals surface area contributed by atoms with Gasteiger partial charge >= 0.3 is 0 Å². The van der Waals surface area contributed by atoms with Crippen LogP contribution in [0.5, 0.6) is 5.75 Å². The van der Waals surface area contributed by atoms with E-state index in [4.69, 9.17) is 9.72 Å². The fourth-order valence-electron chi connectivity index (χ4n) is 4.09. The summed E-state index contributed by atoms with van der Waals surface area (Å²) in [6.07, 6.45) is 2.74. The van der Waals surface area contributed by atoms with Crippen LogP contribution in [0.4, 0.5) is 0 Å². The second-order valence-electron chi connectivity index (χ2n) is 10.1. The van der Waals surface area contributed by atoms with E-state index in [2.05, 4.69) is 49.1 Å². The molecule has 7 nitrogen and oxygen atoms in total. The second-order valence-corrected chi connectivity index (χ2v) is 11.0. The fourth-order valence-corrected chi connectivity index (χ4v) is 4.99. The van der Waals surface area contributed by atoms with Crippen LogP contribution < -0.4 is 4.74 Å². The van der Waals surface area contributed by atoms with Crippen LogP contribution in [-0.2, 0) is 18.7 Å². The Kier molecular flexibility index (Phi) is 7.38. The Bertz CT molecular complexity index is 1130. The zero-order chi connectivity index (χ0) is 24.3. The Morgan fingerprint density at radius 1 is 1.12 bits per heavy atom. The highest BCUT2D eigenvalue weighted by atomic mass is 32.1. The summed E-state index contributed by atoms with van der Waals surface area (Å²) >= 11 is 1.74. The van der Waals surface area contributed by atoms with Crippen molar-refractivity contribution in [2.24, 2.45) is 0 Å². The first-order chi connectivity index (χ1) is 16.2. The van der Waals surface area contributed by atoms with Crippen molar-refractivity contribution in [3.8, 4) is 5.75 Å². The minimum absolute atomic E-state index is 0.0178. The molecular weight excluding hydrogens is 446 g/mol. The molecule has 0 bridgehead atoms. The second kappa shape index (κ2) is 10.3. The number of ether oxygens (including phenoxy) is 1. The number of amides is 1. The van der Waals surface area contributed by atoms with Crippen molar-refractivity contribution in [3.05, 3.63) is 63.4 Å². The first-order valence-electron chi connectivity index (χ1n) is 11.9. The molecule has 8 heteroatoms. The summed E-state index contributed by atoms with van der Waals surface area (Å²) in [5.74, 6) is 0.812. The lowest BCUT2D eigenvalue weighted by Crippen LogP contribution is -2.35. The number of hydrogen-bond acceptors (Lipinski definition) is 6. The van der Waals surface area contributed by atoms with Gasteiger partial charge in [0, 0.05) is 49.7 Å². The number of nitrogens with zero attached hydrogens (tertiary/aromatic N) is 5. The molecule has 1 aliphatic heterocycles. The summed E-state index contributed by atoms with van der Waals surface area (Å²) in [6, 6.07) is 7.87. The SMILES string of the molecule is Cc1ccc(OCn2ccc(C(=O)N3CCCN(Cc4csc(C(C)(C)C)n4)CC3)n2)c(C)c1. The number of carbonyl (C=O) groups excluding carboxylic acids is 1. The highest BCUT2D eigenvalue weighted by Crippen LogP contribution is 2.26. The zero-order valence-electron chi connectivity index (χ0n) is 20.9. The van der Waals surface area contributed by atoms with E-state index in [0.717, 1.165) is 49.6 Å². The average Bonchev–Trinajstić information content (AvgIpc) is 3.38. The van der Waals surface area contributed by atoms with Crippen molar-refractivity contribution in [3.63, 3.8) is 0 Å². The van der Waals surface area contributed by atoms with Gasteiger partial charge in [0.1, 0.15) is 5.75 Å². The summed E-state index contributed by atoms with van der Waals surface area (Å²) in [4.78, 5) is 22.2. The van der Waals surface area contributed by atoms with Crippen LogP contribution in [0.3, 0.4) is 0 Å². The summed E-state index contributed by atoms with van der Waals surface area (Å²) in [5, 5.41) is 7.81. The third-order valence-corrected chi connectivity index (χ3v) is 7.31. The normalized spacial score (nSPS) is 15.4. The molecule has 3 heterocycles. The van der Waals surface area contributed by atoms with E-state index >= 15 is 0 Å². The molecule has 182 valence electrons. The molecule has 1 fully saturated rings. The molecule has 1 saturated heterocycles. The maximum Gasteiger partial charge on any atom is 0.274 e. The van der Waals surface area contributed by atoms with Crippen LogP contribution in [-0.4, -0.2) is 56.7 Å². The molecule has 1 aromatic carbocycles. The summed E-state index contributed by atoms with van der Waals surface area (Å²) < 4.78 is 7.57. The van der Waals surface area contributed by atoms with Crippen molar-refractivity contribution in [1.29, 1.82) is 0 Å². The molecule has 0 N–H and O–H groups in total. The van der Waals surface area contributed by atoms with Crippen LogP contribution >= 0.6 is 11.3 Å². The third kappa shape index (κ3) is 6.04. The Labute approximate surface area is 206 Å². The summed E-state index contributed by atoms with van der Waals surface area (Å²) in [7, 11) is 0. The fraction of sp³-hybridized carbons (Fsp3) is 0.500. The van der Waals surface area contributed by atoms with E-state index in [0.29, 0.717) is 12.2 Å². The van der Waals surface area contributed by atoms with Gasteiger partial charge in [-0.1, -0.05) is 38.5 Å². The molecule has 0 unspecified atom stereocenters. The standard InChI is InChI=1S/C26H35N5O2S/c1-19-7-8-23(20(2)15-19)33-18-31-12-9-22(28-31)24(32)30-11-6-10-29(13-14-30)16-21-17-34-25(27-21)26(3,4)5/h7-9,12,15,17H,6,10-11,13-14,16,18H2,1-5H3. The van der Waals surface area contributed by atoms with E-state index in [1.807, 2.05) is 24.0 Å². The van der Waals surface area contributed by atoms with E-state index in [9.17, 15) is 4.79 Å². The quantitative estimate of drug-likeness (QED) is 0.513. The monoisotopic (exact) mass is 481 g/mol. The molecule has 4 rings (SSSR count). The van der Waals surface area contributed by atoms with Crippen LogP contribution in [0.15, 0.2) is 35.8 Å². The molecule has 34 heavy (non-hydrogen) atoms. The predicted molar refractivity (Wildman–Crippen MR) is 135 cm³/mol. The van der Waals surface area contributed by atoms with Gasteiger partial charge in [-0.25, -0.2) is 9.67 Å². The summed E-state index contributed by atoms with van der Waals surface area (Å²) in [5.41, 5.74) is 3.96. The van der Waals surface area contributed by atoms with Crippen LogP contribution in [0.25, 0.3) is 0 Å². The lowest BCUT2D eigenvalue weighted by atomic mass is 9.98. The van der Waals surface area contributed by atoms with E-state index in [1.165, 1.54) is 10.6 Å². The van der Waals surface area contributed by atoms with Gasteiger partial charge in [-0.15, -0.1) is 11.3 Å². The highest BCUT2D eigenvalue weighted by Gasteiger charge is 2.23. The largest absolute Gasteiger partial charge is 0.471 e. The topological polar surface area (TPSA) is 63.5 Å². The minimum Gasteiger partial charge on any atom is -0.471 e. The number of carbonyl (C=O) groups is 1. The first-order valence-corrected chi connectivity index (χ1v) is 12.8. The number of aromatic nitrogens is 3. The van der Waals surface area contributed by atoms with E-state index < -0.39 is 0 Å². The molecule has 1 aliphatic rings. The smallest absolute Gasteiger partial charge is 0.274 e. The van der Waals surface area contributed by atoms with E-state index in [-0.39, 0.29) is 18.1 Å². The van der Waals surface area contributed by atoms with Gasteiger partial charge in [0.15, 0.2) is 12.4 Å². The molecule has 0 atom stereocenters. The predicted octanol–water partition coefficient (Wildman–Crippen LogP) is 4.64. The molecule has 0 aliphatic carbocycles. The van der Waals surface area contributed by atoms with Gasteiger partial charge in [0.25, 0.3) is 5.91 Å². The van der Waals surface area contributed by atoms with Crippen LogP contribution in [0.1, 0.15) is 59.5 Å². The van der Waals surface area contributed by atoms with Gasteiger partial charge in [-0.05, 0) is 38.0 Å². The first kappa shape index (κ1) is 24.4. The highest BCUT2D eigenvalue weighted by molar-refractivity contribution is 7.09. The molecule has 3 aromatic rings. The van der Waals surface area contributed by atoms with Crippen molar-refractivity contribution in [2.45, 2.75) is 59.7 Å². The van der Waals surface area contributed by atoms with Crippen molar-refractivity contribution >= 4 is 17.2 Å². The average molecular weight is 482 g/mol. The Hall–Kier alpha value is -2.71. The van der Waals surface area contributed by atoms with Crippen LogP contribution in [0.2, 0.25) is 0 Å². The van der Waals surface area contributed by atoms with Gasteiger partial charge in [-0.3, -0.25) is 9.69 Å². The van der Waals surface area contributed by atoms with E-state index in [1.54, 1.807) is 28.3 Å². The maximum absolute atomic E-state index is 13.1. The molecule has 0 radical (unpaired) electrons. The number of aryl methyl sites for hydroxylation is 2. The third-order valence-electron chi connectivity index (χ3n) is 6.00. The number of hydrogen-bond donors (Lipinski definition) is 0. The minimum atomic E-state index is -0.0178. The maximum atomic E-state index is 13.1. The number of thiazole rings is 1. The lowest BCUT2D eigenvalue weighted by Gasteiger charge is -2.21. The zero-order valence-corrected chi connectivity index (χ0v) is 21.7. The number of benzene rings is 1. The molecule has 1 amide bonds. The summed E-state index contributed by atoms with van der Waals surface area (Å²) in [6.45, 7) is 15.0. The number of rotatable bonds is 6. The van der Waals surface area contributed by atoms with Crippen molar-refractivity contribution in [2.75, 3.05) is 26.2 Å².